The van der Waals surface area contributed by atoms with Crippen molar-refractivity contribution in [2.45, 2.75) is 37.8 Å². The molecule has 2 aromatic rings. The molecule has 0 amide bonds. The van der Waals surface area contributed by atoms with Gasteiger partial charge in [-0.05, 0) is 30.5 Å². The van der Waals surface area contributed by atoms with Crippen LogP contribution in [0.15, 0.2) is 30.5 Å². The molecular weight excluding hydrogens is 296 g/mol. The minimum Gasteiger partial charge on any atom is -0.497 e. The van der Waals surface area contributed by atoms with E-state index in [0.717, 1.165) is 17.9 Å². The van der Waals surface area contributed by atoms with Gasteiger partial charge in [-0.15, -0.1) is 11.3 Å². The van der Waals surface area contributed by atoms with Crippen LogP contribution in [0, 0.1) is 0 Å². The van der Waals surface area contributed by atoms with Crippen LogP contribution in [0.3, 0.4) is 0 Å². The molecule has 0 radical (unpaired) electrons. The van der Waals surface area contributed by atoms with Crippen LogP contribution in [0.4, 0.5) is 0 Å². The third-order valence-electron chi connectivity index (χ3n) is 4.23. The smallest absolute Gasteiger partial charge is 0.119 e. The summed E-state index contributed by atoms with van der Waals surface area (Å²) in [7, 11) is 1.65. The van der Waals surface area contributed by atoms with Gasteiger partial charge in [-0.25, -0.2) is 4.98 Å². The highest BCUT2D eigenvalue weighted by molar-refractivity contribution is 7.11. The first-order chi connectivity index (χ1) is 10.8. The number of nitrogens with zero attached hydrogens (tertiary/aromatic N) is 1. The van der Waals surface area contributed by atoms with Crippen LogP contribution in [0.25, 0.3) is 0 Å². The van der Waals surface area contributed by atoms with E-state index in [0.29, 0.717) is 5.92 Å². The number of aliphatic hydroxyl groups is 1. The van der Waals surface area contributed by atoms with Crippen molar-refractivity contribution < 1.29 is 9.84 Å². The molecule has 3 rings (SSSR count). The largest absolute Gasteiger partial charge is 0.497 e. The maximum Gasteiger partial charge on any atom is 0.119 e. The summed E-state index contributed by atoms with van der Waals surface area (Å²) in [6, 6.07) is 7.72. The molecule has 1 aliphatic carbocycles. The van der Waals surface area contributed by atoms with Gasteiger partial charge in [-0.3, -0.25) is 0 Å². The molecule has 0 spiro atoms. The fourth-order valence-electron chi connectivity index (χ4n) is 2.62. The van der Waals surface area contributed by atoms with E-state index in [1.807, 2.05) is 30.5 Å². The minimum atomic E-state index is -0.0932. The summed E-state index contributed by atoms with van der Waals surface area (Å²) in [6.45, 7) is 0.786. The minimum absolute atomic E-state index is 0.0570. The summed E-state index contributed by atoms with van der Waals surface area (Å²) >= 11 is 1.79. The molecule has 1 fully saturated rings. The Hall–Kier alpha value is -1.43. The summed E-state index contributed by atoms with van der Waals surface area (Å²) in [6.07, 6.45) is 5.86. The van der Waals surface area contributed by atoms with Crippen molar-refractivity contribution in [2.24, 2.45) is 0 Å². The number of thiazole rings is 1. The molecule has 0 saturated heterocycles. The zero-order chi connectivity index (χ0) is 15.4. The van der Waals surface area contributed by atoms with Gasteiger partial charge in [0.2, 0.25) is 0 Å². The summed E-state index contributed by atoms with van der Waals surface area (Å²) in [5.41, 5.74) is 1.03. The molecule has 1 atom stereocenters. The number of methoxy groups -OCH3 is 1. The normalized spacial score (nSPS) is 16.3. The Balaban J connectivity index is 1.61. The van der Waals surface area contributed by atoms with E-state index in [1.165, 1.54) is 29.1 Å². The lowest BCUT2D eigenvalue weighted by Crippen LogP contribution is -2.23. The first kappa shape index (κ1) is 15.5. The van der Waals surface area contributed by atoms with Crippen molar-refractivity contribution in [3.8, 4) is 5.75 Å². The van der Waals surface area contributed by atoms with Gasteiger partial charge in [0.25, 0.3) is 0 Å². The molecule has 0 aliphatic heterocycles. The monoisotopic (exact) mass is 318 g/mol. The predicted octanol–water partition coefficient (Wildman–Crippen LogP) is 3.24. The first-order valence-electron chi connectivity index (χ1n) is 7.73. The van der Waals surface area contributed by atoms with Crippen molar-refractivity contribution in [1.29, 1.82) is 0 Å². The van der Waals surface area contributed by atoms with Gasteiger partial charge in [-0.1, -0.05) is 18.6 Å². The van der Waals surface area contributed by atoms with Gasteiger partial charge in [0.05, 0.1) is 24.8 Å². The number of hydrogen-bond donors (Lipinski definition) is 2. The third kappa shape index (κ3) is 3.48. The number of nitrogens with one attached hydrogen (secondary N) is 1. The fourth-order valence-corrected chi connectivity index (χ4v) is 3.66. The zero-order valence-electron chi connectivity index (χ0n) is 12.8. The molecule has 118 valence electrons. The van der Waals surface area contributed by atoms with Crippen LogP contribution in [0.1, 0.15) is 46.7 Å². The van der Waals surface area contributed by atoms with Crippen LogP contribution in [-0.2, 0) is 6.54 Å². The second-order valence-electron chi connectivity index (χ2n) is 5.69. The SMILES string of the molecule is COc1cccc(C(CO)NCc2cnc(C3CCC3)s2)c1. The van der Waals surface area contributed by atoms with Crippen molar-refractivity contribution in [2.75, 3.05) is 13.7 Å². The molecule has 22 heavy (non-hydrogen) atoms. The molecule has 1 aliphatic rings. The highest BCUT2D eigenvalue weighted by atomic mass is 32.1. The molecule has 4 nitrogen and oxygen atoms in total. The Labute approximate surface area is 135 Å². The lowest BCUT2D eigenvalue weighted by atomic mass is 9.86. The maximum atomic E-state index is 9.65. The topological polar surface area (TPSA) is 54.4 Å². The third-order valence-corrected chi connectivity index (χ3v) is 5.39. The van der Waals surface area contributed by atoms with Crippen LogP contribution >= 0.6 is 11.3 Å². The molecule has 1 heterocycles. The molecule has 1 aromatic carbocycles. The standard InChI is InChI=1S/C17H22N2O2S/c1-21-14-7-3-6-13(8-14)16(11-20)18-9-15-10-19-17(22-15)12-4-2-5-12/h3,6-8,10,12,16,18,20H,2,4-5,9,11H2,1H3. The molecule has 1 aromatic heterocycles. The van der Waals surface area contributed by atoms with Crippen LogP contribution in [-0.4, -0.2) is 23.8 Å². The molecule has 2 N–H and O–H groups in total. The number of hydrogen-bond acceptors (Lipinski definition) is 5. The van der Waals surface area contributed by atoms with Crippen molar-refractivity contribution in [3.63, 3.8) is 0 Å². The van der Waals surface area contributed by atoms with E-state index in [1.54, 1.807) is 18.4 Å². The lowest BCUT2D eigenvalue weighted by molar-refractivity contribution is 0.243. The van der Waals surface area contributed by atoms with E-state index >= 15 is 0 Å². The summed E-state index contributed by atoms with van der Waals surface area (Å²) < 4.78 is 5.24. The molecule has 5 heteroatoms. The van der Waals surface area contributed by atoms with Gasteiger partial charge >= 0.3 is 0 Å². The van der Waals surface area contributed by atoms with E-state index in [-0.39, 0.29) is 12.6 Å². The highest BCUT2D eigenvalue weighted by Crippen LogP contribution is 2.38. The lowest BCUT2D eigenvalue weighted by Gasteiger charge is -2.22. The Kier molecular flexibility index (Phi) is 5.08. The fraction of sp³-hybridized carbons (Fsp3) is 0.471. The first-order valence-corrected chi connectivity index (χ1v) is 8.54. The van der Waals surface area contributed by atoms with E-state index in [4.69, 9.17) is 4.74 Å². The summed E-state index contributed by atoms with van der Waals surface area (Å²) in [4.78, 5) is 5.76. The van der Waals surface area contributed by atoms with Crippen LogP contribution in [0.2, 0.25) is 0 Å². The highest BCUT2D eigenvalue weighted by Gasteiger charge is 2.22. The Morgan fingerprint density at radius 1 is 1.45 bits per heavy atom. The zero-order valence-corrected chi connectivity index (χ0v) is 13.6. The average molecular weight is 318 g/mol. The van der Waals surface area contributed by atoms with Gasteiger partial charge in [0.1, 0.15) is 5.75 Å². The molecule has 1 saturated carbocycles. The van der Waals surface area contributed by atoms with Crippen LogP contribution < -0.4 is 10.1 Å². The number of benzene rings is 1. The molecule has 0 bridgehead atoms. The predicted molar refractivity (Wildman–Crippen MR) is 88.4 cm³/mol. The Morgan fingerprint density at radius 2 is 2.32 bits per heavy atom. The molecular formula is C17H22N2O2S. The van der Waals surface area contributed by atoms with Crippen molar-refractivity contribution >= 4 is 11.3 Å². The van der Waals surface area contributed by atoms with E-state index < -0.39 is 0 Å². The number of aliphatic hydroxyl groups excluding tert-OH is 1. The van der Waals surface area contributed by atoms with E-state index in [2.05, 4.69) is 10.3 Å². The Bertz CT molecular complexity index is 610. The van der Waals surface area contributed by atoms with Crippen molar-refractivity contribution in [1.82, 2.24) is 10.3 Å². The van der Waals surface area contributed by atoms with Crippen molar-refractivity contribution in [3.05, 3.63) is 45.9 Å². The second kappa shape index (κ2) is 7.22. The van der Waals surface area contributed by atoms with Crippen LogP contribution in [0.5, 0.6) is 5.75 Å². The van der Waals surface area contributed by atoms with Gasteiger partial charge < -0.3 is 15.2 Å². The summed E-state index contributed by atoms with van der Waals surface area (Å²) in [5, 5.41) is 14.3. The maximum absolute atomic E-state index is 9.65. The van der Waals surface area contributed by atoms with E-state index in [9.17, 15) is 5.11 Å². The summed E-state index contributed by atoms with van der Waals surface area (Å²) in [5.74, 6) is 1.49. The quantitative estimate of drug-likeness (QED) is 0.823. The average Bonchev–Trinajstić information content (AvgIpc) is 2.95. The number of rotatable bonds is 7. The number of ether oxygens (including phenoxy) is 1. The van der Waals surface area contributed by atoms with Gasteiger partial charge in [0.15, 0.2) is 0 Å². The second-order valence-corrected chi connectivity index (χ2v) is 6.83. The molecule has 1 unspecified atom stereocenters. The van der Waals surface area contributed by atoms with Gasteiger partial charge in [0, 0.05) is 23.5 Å². The van der Waals surface area contributed by atoms with Gasteiger partial charge in [-0.2, -0.15) is 0 Å². The number of aromatic nitrogens is 1. The Morgan fingerprint density at radius 3 is 3.00 bits per heavy atom.